The zero-order valence-electron chi connectivity index (χ0n) is 10.2. The third-order valence-corrected chi connectivity index (χ3v) is 2.77. The van der Waals surface area contributed by atoms with Crippen LogP contribution < -0.4 is 10.1 Å². The first-order valence-corrected chi connectivity index (χ1v) is 6.04. The quantitative estimate of drug-likeness (QED) is 0.911. The van der Waals surface area contributed by atoms with Crippen LogP contribution in [0.4, 0.5) is 8.78 Å². The van der Waals surface area contributed by atoms with Crippen LogP contribution in [0.15, 0.2) is 36.4 Å². The fourth-order valence-corrected chi connectivity index (χ4v) is 1.94. The molecule has 0 aliphatic rings. The van der Waals surface area contributed by atoms with Gasteiger partial charge in [0.1, 0.15) is 23.1 Å². The first kappa shape index (κ1) is 13.8. The largest absolute Gasteiger partial charge is 0.455 e. The first-order valence-electron chi connectivity index (χ1n) is 5.66. The molecule has 0 heterocycles. The smallest absolute Gasteiger partial charge is 0.150 e. The van der Waals surface area contributed by atoms with Crippen molar-refractivity contribution in [2.45, 2.75) is 6.54 Å². The van der Waals surface area contributed by atoms with Gasteiger partial charge < -0.3 is 10.1 Å². The van der Waals surface area contributed by atoms with E-state index >= 15 is 0 Å². The van der Waals surface area contributed by atoms with Crippen LogP contribution in [0.1, 0.15) is 5.56 Å². The lowest BCUT2D eigenvalue weighted by molar-refractivity contribution is 0.461. The molecule has 0 aliphatic heterocycles. The monoisotopic (exact) mass is 283 g/mol. The lowest BCUT2D eigenvalue weighted by Gasteiger charge is -2.12. The van der Waals surface area contributed by atoms with E-state index in [0.29, 0.717) is 17.3 Å². The van der Waals surface area contributed by atoms with Gasteiger partial charge in [-0.15, -0.1) is 0 Å². The molecule has 1 N–H and O–H groups in total. The highest BCUT2D eigenvalue weighted by molar-refractivity contribution is 6.32. The van der Waals surface area contributed by atoms with Crippen LogP contribution in [0.25, 0.3) is 0 Å². The van der Waals surface area contributed by atoms with Gasteiger partial charge in [0.05, 0.1) is 5.02 Å². The van der Waals surface area contributed by atoms with E-state index < -0.39 is 11.6 Å². The molecule has 2 nitrogen and oxygen atoms in total. The fraction of sp³-hybridized carbons (Fsp3) is 0.143. The van der Waals surface area contributed by atoms with Gasteiger partial charge in [-0.1, -0.05) is 23.7 Å². The number of nitrogens with one attached hydrogen (secondary N) is 1. The van der Waals surface area contributed by atoms with Gasteiger partial charge in [0, 0.05) is 30.3 Å². The summed E-state index contributed by atoms with van der Waals surface area (Å²) in [6, 6.07) is 8.27. The van der Waals surface area contributed by atoms with E-state index in [1.165, 1.54) is 0 Å². The van der Waals surface area contributed by atoms with Crippen LogP contribution in [0.5, 0.6) is 11.5 Å². The number of hydrogen-bond acceptors (Lipinski definition) is 2. The minimum Gasteiger partial charge on any atom is -0.455 e. The Morgan fingerprint density at radius 1 is 1.16 bits per heavy atom. The Morgan fingerprint density at radius 3 is 2.47 bits per heavy atom. The van der Waals surface area contributed by atoms with Crippen LogP contribution in [0, 0.1) is 11.6 Å². The van der Waals surface area contributed by atoms with Crippen LogP contribution in [-0.2, 0) is 6.54 Å². The van der Waals surface area contributed by atoms with Crippen molar-refractivity contribution in [3.8, 4) is 11.5 Å². The highest BCUT2D eigenvalue weighted by Gasteiger charge is 2.10. The summed E-state index contributed by atoms with van der Waals surface area (Å²) in [5.41, 5.74) is 0.805. The SMILES string of the molecule is CNCc1cccc(Cl)c1Oc1cc(F)cc(F)c1. The van der Waals surface area contributed by atoms with Gasteiger partial charge in [0.25, 0.3) is 0 Å². The van der Waals surface area contributed by atoms with E-state index in [0.717, 1.165) is 23.8 Å². The first-order chi connectivity index (χ1) is 9.10. The Kier molecular flexibility index (Phi) is 4.35. The molecule has 0 radical (unpaired) electrons. The van der Waals surface area contributed by atoms with Crippen molar-refractivity contribution in [3.63, 3.8) is 0 Å². The second kappa shape index (κ2) is 5.99. The Hall–Kier alpha value is -1.65. The number of para-hydroxylation sites is 1. The summed E-state index contributed by atoms with van der Waals surface area (Å²) in [5, 5.41) is 3.36. The van der Waals surface area contributed by atoms with Gasteiger partial charge in [0.2, 0.25) is 0 Å². The Morgan fingerprint density at radius 2 is 1.84 bits per heavy atom. The van der Waals surface area contributed by atoms with E-state index in [1.54, 1.807) is 19.2 Å². The van der Waals surface area contributed by atoms with Gasteiger partial charge in [0.15, 0.2) is 0 Å². The van der Waals surface area contributed by atoms with Crippen LogP contribution in [0.3, 0.4) is 0 Å². The molecule has 0 fully saturated rings. The molecule has 5 heteroatoms. The van der Waals surface area contributed by atoms with Crippen LogP contribution in [-0.4, -0.2) is 7.05 Å². The maximum absolute atomic E-state index is 13.1. The molecule has 0 aliphatic carbocycles. The van der Waals surface area contributed by atoms with Crippen molar-refractivity contribution in [3.05, 3.63) is 58.6 Å². The molecule has 0 saturated heterocycles. The lowest BCUT2D eigenvalue weighted by Crippen LogP contribution is -2.06. The molecule has 0 spiro atoms. The normalized spacial score (nSPS) is 10.5. The van der Waals surface area contributed by atoms with Gasteiger partial charge in [-0.05, 0) is 13.1 Å². The number of rotatable bonds is 4. The molecule has 2 rings (SSSR count). The molecule has 2 aromatic carbocycles. The average molecular weight is 284 g/mol. The summed E-state index contributed by atoms with van der Waals surface area (Å²) >= 11 is 6.05. The van der Waals surface area contributed by atoms with Gasteiger partial charge >= 0.3 is 0 Å². The van der Waals surface area contributed by atoms with Gasteiger partial charge in [-0.2, -0.15) is 0 Å². The van der Waals surface area contributed by atoms with Crippen molar-refractivity contribution in [1.29, 1.82) is 0 Å². The predicted octanol–water partition coefficient (Wildman–Crippen LogP) is 4.13. The second-order valence-corrected chi connectivity index (χ2v) is 4.37. The van der Waals surface area contributed by atoms with Crippen molar-refractivity contribution in [1.82, 2.24) is 5.32 Å². The number of benzene rings is 2. The van der Waals surface area contributed by atoms with E-state index in [4.69, 9.17) is 16.3 Å². The van der Waals surface area contributed by atoms with Crippen molar-refractivity contribution >= 4 is 11.6 Å². The minimum atomic E-state index is -0.697. The average Bonchev–Trinajstić information content (AvgIpc) is 2.32. The number of hydrogen-bond donors (Lipinski definition) is 1. The third-order valence-electron chi connectivity index (χ3n) is 2.47. The second-order valence-electron chi connectivity index (χ2n) is 3.97. The molecule has 0 amide bonds. The van der Waals surface area contributed by atoms with E-state index in [1.807, 2.05) is 6.07 Å². The Labute approximate surface area is 115 Å². The van der Waals surface area contributed by atoms with Gasteiger partial charge in [-0.25, -0.2) is 8.78 Å². The van der Waals surface area contributed by atoms with Gasteiger partial charge in [-0.3, -0.25) is 0 Å². The zero-order chi connectivity index (χ0) is 13.8. The topological polar surface area (TPSA) is 21.3 Å². The van der Waals surface area contributed by atoms with E-state index in [9.17, 15) is 8.78 Å². The van der Waals surface area contributed by atoms with Crippen molar-refractivity contribution < 1.29 is 13.5 Å². The molecule has 0 unspecified atom stereocenters. The van der Waals surface area contributed by atoms with E-state index in [2.05, 4.69) is 5.32 Å². The molecule has 100 valence electrons. The van der Waals surface area contributed by atoms with Crippen LogP contribution in [0.2, 0.25) is 5.02 Å². The molecule has 0 bridgehead atoms. The summed E-state index contributed by atoms with van der Waals surface area (Å²) in [5.74, 6) is -0.930. The van der Waals surface area contributed by atoms with Crippen molar-refractivity contribution in [2.75, 3.05) is 7.05 Å². The Balaban J connectivity index is 2.36. The lowest BCUT2D eigenvalue weighted by atomic mass is 10.2. The van der Waals surface area contributed by atoms with E-state index in [-0.39, 0.29) is 5.75 Å². The molecular formula is C14H12ClF2NO. The molecule has 0 saturated carbocycles. The molecular weight excluding hydrogens is 272 g/mol. The Bertz CT molecular complexity index is 569. The molecule has 0 aromatic heterocycles. The summed E-state index contributed by atoms with van der Waals surface area (Å²) in [6.07, 6.45) is 0. The predicted molar refractivity (Wildman–Crippen MR) is 70.6 cm³/mol. The molecule has 0 atom stereocenters. The molecule has 19 heavy (non-hydrogen) atoms. The fourth-order valence-electron chi connectivity index (χ4n) is 1.70. The summed E-state index contributed by atoms with van der Waals surface area (Å²) < 4.78 is 31.7. The highest BCUT2D eigenvalue weighted by atomic mass is 35.5. The standard InChI is InChI=1S/C14H12ClF2NO/c1-18-8-9-3-2-4-13(15)14(9)19-12-6-10(16)5-11(17)7-12/h2-7,18H,8H2,1H3. The van der Waals surface area contributed by atoms with Crippen LogP contribution >= 0.6 is 11.6 Å². The maximum atomic E-state index is 13.1. The summed E-state index contributed by atoms with van der Waals surface area (Å²) in [4.78, 5) is 0. The minimum absolute atomic E-state index is 0.0722. The third kappa shape index (κ3) is 3.43. The number of ether oxygens (including phenoxy) is 1. The summed E-state index contributed by atoms with van der Waals surface area (Å²) in [7, 11) is 1.78. The molecule has 2 aromatic rings. The summed E-state index contributed by atoms with van der Waals surface area (Å²) in [6.45, 7) is 0.535. The highest BCUT2D eigenvalue weighted by Crippen LogP contribution is 2.33. The zero-order valence-corrected chi connectivity index (χ0v) is 11.0. The maximum Gasteiger partial charge on any atom is 0.150 e. The number of halogens is 3. The van der Waals surface area contributed by atoms with Crippen molar-refractivity contribution in [2.24, 2.45) is 0 Å².